The van der Waals surface area contributed by atoms with Crippen LogP contribution in [0.15, 0.2) is 18.2 Å². The predicted molar refractivity (Wildman–Crippen MR) is 46.0 cm³/mol. The van der Waals surface area contributed by atoms with Gasteiger partial charge in [-0.15, -0.1) is 15.0 Å². The number of carbonyl (C=O) groups is 1. The van der Waals surface area contributed by atoms with Crippen molar-refractivity contribution >= 4 is 5.97 Å². The first-order valence-electron chi connectivity index (χ1n) is 4.06. The molecule has 0 saturated carbocycles. The second-order valence-corrected chi connectivity index (χ2v) is 2.80. The summed E-state index contributed by atoms with van der Waals surface area (Å²) in [6, 6.07) is 2.72. The molecule has 0 unspecified atom stereocenters. The van der Waals surface area contributed by atoms with Crippen LogP contribution in [0.3, 0.4) is 0 Å². The summed E-state index contributed by atoms with van der Waals surface area (Å²) in [7, 11) is 0. The topological polar surface area (TPSA) is 80.9 Å². The molecule has 1 heterocycles. The quantitative estimate of drug-likeness (QED) is 0.812. The zero-order chi connectivity index (χ0) is 11.7. The van der Waals surface area contributed by atoms with Crippen molar-refractivity contribution in [2.45, 2.75) is 0 Å². The molecule has 0 atom stereocenters. The molecule has 1 aromatic carbocycles. The third kappa shape index (κ3) is 1.72. The van der Waals surface area contributed by atoms with E-state index in [1.54, 1.807) is 0 Å². The van der Waals surface area contributed by atoms with Gasteiger partial charge in [-0.2, -0.15) is 0 Å². The van der Waals surface area contributed by atoms with Gasteiger partial charge in [0.2, 0.25) is 0 Å². The average Bonchev–Trinajstić information content (AvgIpc) is 2.66. The van der Waals surface area contributed by atoms with Crippen LogP contribution in [0, 0.1) is 11.6 Å². The number of tetrazole rings is 1. The van der Waals surface area contributed by atoms with Crippen LogP contribution < -0.4 is 0 Å². The minimum absolute atomic E-state index is 0.179. The summed E-state index contributed by atoms with van der Waals surface area (Å²) in [6.45, 7) is 0. The molecular formula is C8H4F2N4O2. The lowest BCUT2D eigenvalue weighted by atomic mass is 10.3. The number of aromatic carboxylic acids is 1. The van der Waals surface area contributed by atoms with E-state index in [1.165, 1.54) is 0 Å². The van der Waals surface area contributed by atoms with Crippen LogP contribution in [-0.4, -0.2) is 31.3 Å². The highest BCUT2D eigenvalue weighted by molar-refractivity contribution is 5.82. The molecule has 8 heteroatoms. The number of halogens is 2. The van der Waals surface area contributed by atoms with Gasteiger partial charge in [0, 0.05) is 6.07 Å². The molecule has 1 aromatic heterocycles. The van der Waals surface area contributed by atoms with Gasteiger partial charge in [-0.25, -0.2) is 13.6 Å². The van der Waals surface area contributed by atoms with E-state index in [9.17, 15) is 13.6 Å². The smallest absolute Gasteiger partial charge is 0.377 e. The second-order valence-electron chi connectivity index (χ2n) is 2.80. The summed E-state index contributed by atoms with van der Waals surface area (Å²) >= 11 is 0. The zero-order valence-electron chi connectivity index (χ0n) is 7.63. The number of rotatable bonds is 2. The Morgan fingerprint density at radius 3 is 2.69 bits per heavy atom. The minimum atomic E-state index is -1.38. The highest BCUT2D eigenvalue weighted by Crippen LogP contribution is 2.12. The number of aromatic nitrogens is 4. The van der Waals surface area contributed by atoms with Crippen LogP contribution >= 0.6 is 0 Å². The average molecular weight is 226 g/mol. The van der Waals surface area contributed by atoms with Crippen molar-refractivity contribution in [2.75, 3.05) is 0 Å². The van der Waals surface area contributed by atoms with Crippen LogP contribution in [-0.2, 0) is 0 Å². The molecule has 0 aliphatic rings. The first kappa shape index (κ1) is 10.1. The van der Waals surface area contributed by atoms with E-state index in [0.717, 1.165) is 12.1 Å². The van der Waals surface area contributed by atoms with Crippen molar-refractivity contribution in [3.05, 3.63) is 35.7 Å². The Morgan fingerprint density at radius 2 is 2.12 bits per heavy atom. The number of hydrogen-bond acceptors (Lipinski definition) is 4. The van der Waals surface area contributed by atoms with Crippen molar-refractivity contribution in [1.29, 1.82) is 0 Å². The maximum absolute atomic E-state index is 13.2. The molecule has 0 saturated heterocycles. The highest BCUT2D eigenvalue weighted by atomic mass is 19.1. The fourth-order valence-corrected chi connectivity index (χ4v) is 1.05. The monoisotopic (exact) mass is 226 g/mol. The molecule has 82 valence electrons. The Kier molecular flexibility index (Phi) is 2.31. The third-order valence-corrected chi connectivity index (χ3v) is 1.73. The lowest BCUT2D eigenvalue weighted by molar-refractivity contribution is 0.0683. The van der Waals surface area contributed by atoms with Crippen LogP contribution in [0.1, 0.15) is 10.6 Å². The SMILES string of the molecule is O=C(O)c1nnn(-c2ccc(F)cc2F)n1. The largest absolute Gasteiger partial charge is 0.475 e. The van der Waals surface area contributed by atoms with E-state index >= 15 is 0 Å². The van der Waals surface area contributed by atoms with Crippen molar-refractivity contribution < 1.29 is 18.7 Å². The fourth-order valence-electron chi connectivity index (χ4n) is 1.05. The molecule has 2 aromatic rings. The maximum atomic E-state index is 13.2. The summed E-state index contributed by atoms with van der Waals surface area (Å²) in [5.41, 5.74) is -0.179. The van der Waals surface area contributed by atoms with Gasteiger partial charge in [-0.05, 0) is 17.3 Å². The lowest BCUT2D eigenvalue weighted by Crippen LogP contribution is -2.04. The summed E-state index contributed by atoms with van der Waals surface area (Å²) in [6.07, 6.45) is 0. The molecule has 0 fully saturated rings. The van der Waals surface area contributed by atoms with Crippen molar-refractivity contribution in [2.24, 2.45) is 0 Å². The first-order chi connectivity index (χ1) is 7.58. The summed E-state index contributed by atoms with van der Waals surface area (Å²) in [5, 5.41) is 18.4. The van der Waals surface area contributed by atoms with E-state index < -0.39 is 23.4 Å². The van der Waals surface area contributed by atoms with Crippen molar-refractivity contribution in [1.82, 2.24) is 20.2 Å². The van der Waals surface area contributed by atoms with Gasteiger partial charge in [0.1, 0.15) is 11.5 Å². The number of nitrogens with zero attached hydrogens (tertiary/aromatic N) is 4. The second kappa shape index (κ2) is 3.65. The van der Waals surface area contributed by atoms with Crippen molar-refractivity contribution in [3.8, 4) is 5.69 Å². The van der Waals surface area contributed by atoms with E-state index in [2.05, 4.69) is 15.4 Å². The molecular weight excluding hydrogens is 222 g/mol. The first-order valence-corrected chi connectivity index (χ1v) is 4.06. The predicted octanol–water partition coefficient (Wildman–Crippen LogP) is 0.639. The Morgan fingerprint density at radius 1 is 1.38 bits per heavy atom. The summed E-state index contributed by atoms with van der Waals surface area (Å²) in [4.78, 5) is 11.1. The number of carboxylic acid groups (broad SMARTS) is 1. The number of benzene rings is 1. The molecule has 0 spiro atoms. The standard InChI is InChI=1S/C8H4F2N4O2/c9-4-1-2-6(5(10)3-4)14-12-7(8(15)16)11-13-14/h1-3H,(H,15,16). The highest BCUT2D eigenvalue weighted by Gasteiger charge is 2.14. The molecule has 2 rings (SSSR count). The van der Waals surface area contributed by atoms with Gasteiger partial charge in [-0.3, -0.25) is 0 Å². The summed E-state index contributed by atoms with van der Waals surface area (Å²) in [5.74, 6) is -3.60. The minimum Gasteiger partial charge on any atom is -0.475 e. The fraction of sp³-hybridized carbons (Fsp3) is 0. The van der Waals surface area contributed by atoms with E-state index in [1.807, 2.05) is 0 Å². The van der Waals surface area contributed by atoms with Crippen LogP contribution in [0.2, 0.25) is 0 Å². The Labute approximate surface area is 87.1 Å². The van der Waals surface area contributed by atoms with Gasteiger partial charge < -0.3 is 5.11 Å². The molecule has 6 nitrogen and oxygen atoms in total. The normalized spacial score (nSPS) is 10.4. The molecule has 16 heavy (non-hydrogen) atoms. The van der Waals surface area contributed by atoms with Gasteiger partial charge in [0.25, 0.3) is 5.82 Å². The maximum Gasteiger partial charge on any atom is 0.377 e. The van der Waals surface area contributed by atoms with Gasteiger partial charge in [0.15, 0.2) is 5.82 Å². The van der Waals surface area contributed by atoms with Gasteiger partial charge in [0.05, 0.1) is 0 Å². The van der Waals surface area contributed by atoms with E-state index in [-0.39, 0.29) is 5.69 Å². The summed E-state index contributed by atoms with van der Waals surface area (Å²) < 4.78 is 25.8. The van der Waals surface area contributed by atoms with Crippen LogP contribution in [0.25, 0.3) is 5.69 Å². The van der Waals surface area contributed by atoms with E-state index in [4.69, 9.17) is 5.11 Å². The number of hydrogen-bond donors (Lipinski definition) is 1. The number of carboxylic acids is 1. The molecule has 1 N–H and O–H groups in total. The molecule has 0 amide bonds. The van der Waals surface area contributed by atoms with Crippen LogP contribution in [0.5, 0.6) is 0 Å². The van der Waals surface area contributed by atoms with Gasteiger partial charge >= 0.3 is 5.97 Å². The zero-order valence-corrected chi connectivity index (χ0v) is 7.63. The third-order valence-electron chi connectivity index (χ3n) is 1.73. The van der Waals surface area contributed by atoms with Gasteiger partial charge in [-0.1, -0.05) is 0 Å². The van der Waals surface area contributed by atoms with Crippen molar-refractivity contribution in [3.63, 3.8) is 0 Å². The molecule has 0 aliphatic carbocycles. The lowest BCUT2D eigenvalue weighted by Gasteiger charge is -1.99. The Hall–Kier alpha value is -2.38. The molecule has 0 radical (unpaired) electrons. The van der Waals surface area contributed by atoms with Crippen LogP contribution in [0.4, 0.5) is 8.78 Å². The Bertz CT molecular complexity index is 555. The molecule has 0 bridgehead atoms. The molecule has 0 aliphatic heterocycles. The van der Waals surface area contributed by atoms with E-state index in [0.29, 0.717) is 10.9 Å². The Balaban J connectivity index is 2.46.